The second-order valence-electron chi connectivity index (χ2n) is 8.48. The summed E-state index contributed by atoms with van der Waals surface area (Å²) in [6.45, 7) is 1.73. The van der Waals surface area contributed by atoms with Crippen molar-refractivity contribution in [1.29, 1.82) is 0 Å². The van der Waals surface area contributed by atoms with Gasteiger partial charge in [-0.2, -0.15) is 0 Å². The average Bonchev–Trinajstić information content (AvgIpc) is 3.28. The van der Waals surface area contributed by atoms with Crippen LogP contribution in [0.15, 0.2) is 36.4 Å². The highest BCUT2D eigenvalue weighted by molar-refractivity contribution is 5.73. The molecule has 3 aliphatic rings. The lowest BCUT2D eigenvalue weighted by Gasteiger charge is -2.24. The van der Waals surface area contributed by atoms with Crippen LogP contribution in [0.5, 0.6) is 0 Å². The number of likely N-dealkylation sites (tertiary alicyclic amines) is 1. The minimum atomic E-state index is -0.0901. The fourth-order valence-corrected chi connectivity index (χ4v) is 5.02. The number of ether oxygens (including phenoxy) is 1. The van der Waals surface area contributed by atoms with Crippen molar-refractivity contribution >= 4 is 5.97 Å². The Morgan fingerprint density at radius 2 is 1.79 bits per heavy atom. The highest BCUT2D eigenvalue weighted by atomic mass is 19.1. The molecular weight excluding hydrogens is 353 g/mol. The zero-order valence-electron chi connectivity index (χ0n) is 16.3. The third-order valence-electron chi connectivity index (χ3n) is 6.74. The van der Waals surface area contributed by atoms with Crippen molar-refractivity contribution in [2.45, 2.75) is 44.1 Å². The molecule has 2 unspecified atom stereocenters. The second kappa shape index (κ2) is 7.00. The molecule has 1 aliphatic heterocycles. The Bertz CT molecular complexity index is 921. The lowest BCUT2D eigenvalue weighted by atomic mass is 9.97. The minimum Gasteiger partial charge on any atom is -0.469 e. The molecule has 28 heavy (non-hydrogen) atoms. The van der Waals surface area contributed by atoms with E-state index in [2.05, 4.69) is 29.2 Å². The average molecular weight is 379 g/mol. The topological polar surface area (TPSA) is 29.5 Å². The molecule has 0 N–H and O–H groups in total. The van der Waals surface area contributed by atoms with Gasteiger partial charge in [0.2, 0.25) is 0 Å². The molecule has 2 fully saturated rings. The van der Waals surface area contributed by atoms with E-state index in [1.807, 2.05) is 6.07 Å². The first-order valence-electron chi connectivity index (χ1n) is 10.4. The van der Waals surface area contributed by atoms with Crippen molar-refractivity contribution in [3.8, 4) is 11.1 Å². The zero-order valence-corrected chi connectivity index (χ0v) is 16.3. The number of hydrogen-bond acceptors (Lipinski definition) is 3. The van der Waals surface area contributed by atoms with E-state index in [9.17, 15) is 9.18 Å². The first kappa shape index (κ1) is 17.9. The maximum Gasteiger partial charge on any atom is 0.310 e. The first-order chi connectivity index (χ1) is 13.6. The summed E-state index contributed by atoms with van der Waals surface area (Å²) < 4.78 is 19.4. The number of fused-ring (bicyclic) bond motifs is 1. The number of esters is 1. The van der Waals surface area contributed by atoms with Gasteiger partial charge in [-0.05, 0) is 78.5 Å². The summed E-state index contributed by atoms with van der Waals surface area (Å²) in [6.07, 6.45) is 5.23. The van der Waals surface area contributed by atoms with Gasteiger partial charge in [-0.15, -0.1) is 0 Å². The summed E-state index contributed by atoms with van der Waals surface area (Å²) in [6, 6.07) is 12.7. The van der Waals surface area contributed by atoms with Crippen LogP contribution in [0.2, 0.25) is 0 Å². The molecule has 2 aromatic rings. The molecule has 0 bridgehead atoms. The van der Waals surface area contributed by atoms with E-state index >= 15 is 0 Å². The van der Waals surface area contributed by atoms with Crippen LogP contribution in [0.4, 0.5) is 4.39 Å². The Balaban J connectivity index is 1.36. The number of aryl methyl sites for hydroxylation is 1. The number of carbonyl (C=O) groups is 1. The van der Waals surface area contributed by atoms with Crippen molar-refractivity contribution < 1.29 is 13.9 Å². The highest BCUT2D eigenvalue weighted by Crippen LogP contribution is 2.43. The standard InChI is InChI=1S/C24H26FNO2/c1-28-24(27)19-10-11-26(14-19)23-9-6-18-12-16(5-8-21(18)23)17-4-7-20(15-2-3-15)22(25)13-17/h4-5,7-8,12-13,15,19,23H,2-3,6,9-11,14H2,1H3. The maximum atomic E-state index is 14.5. The molecule has 3 nitrogen and oxygen atoms in total. The second-order valence-corrected chi connectivity index (χ2v) is 8.48. The number of rotatable bonds is 4. The first-order valence-corrected chi connectivity index (χ1v) is 10.4. The molecule has 1 saturated carbocycles. The van der Waals surface area contributed by atoms with Crippen molar-refractivity contribution in [2.24, 2.45) is 5.92 Å². The highest BCUT2D eigenvalue weighted by Gasteiger charge is 2.36. The molecule has 2 atom stereocenters. The van der Waals surface area contributed by atoms with Gasteiger partial charge < -0.3 is 4.74 Å². The minimum absolute atomic E-state index is 0.00119. The number of methoxy groups -OCH3 is 1. The molecule has 1 saturated heterocycles. The molecule has 0 spiro atoms. The van der Waals surface area contributed by atoms with Gasteiger partial charge in [0.05, 0.1) is 13.0 Å². The molecular formula is C24H26FNO2. The molecule has 4 heteroatoms. The molecule has 0 radical (unpaired) electrons. The van der Waals surface area contributed by atoms with Crippen molar-refractivity contribution in [2.75, 3.05) is 20.2 Å². The summed E-state index contributed by atoms with van der Waals surface area (Å²) in [5.41, 5.74) is 5.65. The molecule has 2 aliphatic carbocycles. The van der Waals surface area contributed by atoms with E-state index in [-0.39, 0.29) is 17.7 Å². The monoisotopic (exact) mass is 379 g/mol. The Labute approximate surface area is 165 Å². The maximum absolute atomic E-state index is 14.5. The fourth-order valence-electron chi connectivity index (χ4n) is 5.02. The van der Waals surface area contributed by atoms with Gasteiger partial charge in [-0.1, -0.05) is 30.3 Å². The Morgan fingerprint density at radius 1 is 1.04 bits per heavy atom. The van der Waals surface area contributed by atoms with Crippen LogP contribution in [0, 0.1) is 11.7 Å². The predicted molar refractivity (Wildman–Crippen MR) is 107 cm³/mol. The lowest BCUT2D eigenvalue weighted by Crippen LogP contribution is -2.27. The number of benzene rings is 2. The Kier molecular flexibility index (Phi) is 4.47. The van der Waals surface area contributed by atoms with Crippen LogP contribution in [0.25, 0.3) is 11.1 Å². The van der Waals surface area contributed by atoms with E-state index in [0.717, 1.165) is 61.9 Å². The quantitative estimate of drug-likeness (QED) is 0.711. The van der Waals surface area contributed by atoms with Gasteiger partial charge in [0, 0.05) is 12.6 Å². The van der Waals surface area contributed by atoms with Crippen LogP contribution in [-0.2, 0) is 16.0 Å². The summed E-state index contributed by atoms with van der Waals surface area (Å²) in [7, 11) is 1.47. The molecule has 2 aromatic carbocycles. The van der Waals surface area contributed by atoms with E-state index in [1.54, 1.807) is 6.07 Å². The van der Waals surface area contributed by atoms with Gasteiger partial charge in [-0.25, -0.2) is 4.39 Å². The van der Waals surface area contributed by atoms with Crippen molar-refractivity contribution in [3.05, 3.63) is 58.9 Å². The fraction of sp³-hybridized carbons (Fsp3) is 0.458. The molecule has 1 heterocycles. The smallest absolute Gasteiger partial charge is 0.310 e. The van der Waals surface area contributed by atoms with Crippen LogP contribution in [0.1, 0.15) is 54.3 Å². The van der Waals surface area contributed by atoms with Gasteiger partial charge >= 0.3 is 5.97 Å². The molecule has 0 aromatic heterocycles. The van der Waals surface area contributed by atoms with E-state index < -0.39 is 0 Å². The van der Waals surface area contributed by atoms with Gasteiger partial charge in [0.25, 0.3) is 0 Å². The van der Waals surface area contributed by atoms with Crippen LogP contribution < -0.4 is 0 Å². The van der Waals surface area contributed by atoms with E-state index in [4.69, 9.17) is 4.74 Å². The lowest BCUT2D eigenvalue weighted by molar-refractivity contribution is -0.145. The van der Waals surface area contributed by atoms with Gasteiger partial charge in [-0.3, -0.25) is 9.69 Å². The van der Waals surface area contributed by atoms with Crippen molar-refractivity contribution in [1.82, 2.24) is 4.90 Å². The number of halogens is 1. The van der Waals surface area contributed by atoms with Gasteiger partial charge in [0.1, 0.15) is 5.82 Å². The third kappa shape index (κ3) is 3.14. The summed E-state index contributed by atoms with van der Waals surface area (Å²) in [4.78, 5) is 14.3. The summed E-state index contributed by atoms with van der Waals surface area (Å²) in [5.74, 6) is 0.280. The number of nitrogens with zero attached hydrogens (tertiary/aromatic N) is 1. The number of carbonyl (C=O) groups excluding carboxylic acids is 1. The third-order valence-corrected chi connectivity index (χ3v) is 6.74. The zero-order chi connectivity index (χ0) is 19.3. The Hall–Kier alpha value is -2.20. The summed E-state index contributed by atoms with van der Waals surface area (Å²) >= 11 is 0. The molecule has 146 valence electrons. The number of hydrogen-bond donors (Lipinski definition) is 0. The molecule has 5 rings (SSSR count). The van der Waals surface area contributed by atoms with E-state index in [0.29, 0.717) is 12.0 Å². The largest absolute Gasteiger partial charge is 0.469 e. The molecule has 0 amide bonds. The normalized spacial score (nSPS) is 24.4. The van der Waals surface area contributed by atoms with Crippen LogP contribution >= 0.6 is 0 Å². The Morgan fingerprint density at radius 3 is 2.50 bits per heavy atom. The summed E-state index contributed by atoms with van der Waals surface area (Å²) in [5, 5.41) is 0. The van der Waals surface area contributed by atoms with Crippen LogP contribution in [0.3, 0.4) is 0 Å². The predicted octanol–water partition coefficient (Wildman–Crippen LogP) is 4.85. The van der Waals surface area contributed by atoms with E-state index in [1.165, 1.54) is 18.2 Å². The SMILES string of the molecule is COC(=O)C1CCN(C2CCc3cc(-c4ccc(C5CC5)c(F)c4)ccc32)C1. The van der Waals surface area contributed by atoms with Gasteiger partial charge in [0.15, 0.2) is 0 Å². The van der Waals surface area contributed by atoms with Crippen LogP contribution in [-0.4, -0.2) is 31.1 Å². The van der Waals surface area contributed by atoms with Crippen molar-refractivity contribution in [3.63, 3.8) is 0 Å².